The number of carboxylic acid groups (broad SMARTS) is 1. The van der Waals surface area contributed by atoms with Gasteiger partial charge < -0.3 is 15.4 Å². The fourth-order valence-electron chi connectivity index (χ4n) is 2.07. The van der Waals surface area contributed by atoms with Crippen molar-refractivity contribution in [3.05, 3.63) is 33.7 Å². The minimum Gasteiger partial charge on any atom is -0.480 e. The Morgan fingerprint density at radius 2 is 2.00 bits per heavy atom. The number of nitrogens with one attached hydrogen (secondary N) is 2. The summed E-state index contributed by atoms with van der Waals surface area (Å²) in [6, 6.07) is 1.85. The molecule has 0 bridgehead atoms. The molecule has 0 aliphatic carbocycles. The third-order valence-electron chi connectivity index (χ3n) is 2.97. The molecule has 0 fully saturated rings. The van der Waals surface area contributed by atoms with E-state index in [1.165, 1.54) is 6.07 Å². The first-order valence-electron chi connectivity index (χ1n) is 7.10. The molecule has 0 spiro atoms. The minimum atomic E-state index is -1.07. The number of aromatic nitrogens is 1. The fourth-order valence-corrected chi connectivity index (χ4v) is 2.07. The number of carbonyl (C=O) groups is 2. The molecular weight excluding hydrogens is 272 g/mol. The maximum absolute atomic E-state index is 12.1. The van der Waals surface area contributed by atoms with Crippen LogP contribution in [0.5, 0.6) is 0 Å². The summed E-state index contributed by atoms with van der Waals surface area (Å²) >= 11 is 0. The van der Waals surface area contributed by atoms with Gasteiger partial charge in [0.1, 0.15) is 6.04 Å². The molecule has 1 unspecified atom stereocenters. The molecule has 1 aromatic heterocycles. The normalized spacial score (nSPS) is 12.2. The SMILES string of the molecule is CCCC(NC(=O)c1cc(CC(C)C)[nH]c(=O)c1)C(=O)O. The second kappa shape index (κ2) is 7.61. The Hall–Kier alpha value is -2.11. The largest absolute Gasteiger partial charge is 0.480 e. The average Bonchev–Trinajstić information content (AvgIpc) is 2.36. The number of aliphatic carboxylic acids is 1. The molecule has 0 saturated heterocycles. The number of pyridine rings is 1. The van der Waals surface area contributed by atoms with Gasteiger partial charge in [0.2, 0.25) is 5.56 Å². The number of rotatable bonds is 7. The summed E-state index contributed by atoms with van der Waals surface area (Å²) in [7, 11) is 0. The highest BCUT2D eigenvalue weighted by atomic mass is 16.4. The lowest BCUT2D eigenvalue weighted by Gasteiger charge is -2.14. The number of hydrogen-bond donors (Lipinski definition) is 3. The number of hydrogen-bond acceptors (Lipinski definition) is 3. The van der Waals surface area contributed by atoms with Crippen molar-refractivity contribution < 1.29 is 14.7 Å². The van der Waals surface area contributed by atoms with Crippen LogP contribution >= 0.6 is 0 Å². The number of aromatic amines is 1. The van der Waals surface area contributed by atoms with E-state index in [4.69, 9.17) is 5.11 Å². The van der Waals surface area contributed by atoms with Gasteiger partial charge >= 0.3 is 5.97 Å². The molecule has 0 saturated carbocycles. The van der Waals surface area contributed by atoms with Crippen molar-refractivity contribution in [1.29, 1.82) is 0 Å². The van der Waals surface area contributed by atoms with Crippen LogP contribution in [0.3, 0.4) is 0 Å². The van der Waals surface area contributed by atoms with Crippen LogP contribution in [0.2, 0.25) is 0 Å². The van der Waals surface area contributed by atoms with Crippen molar-refractivity contribution in [3.8, 4) is 0 Å². The van der Waals surface area contributed by atoms with Crippen LogP contribution in [0, 0.1) is 5.92 Å². The first-order chi connectivity index (χ1) is 9.83. The summed E-state index contributed by atoms with van der Waals surface area (Å²) in [5.41, 5.74) is 0.502. The Morgan fingerprint density at radius 1 is 1.33 bits per heavy atom. The Balaban J connectivity index is 2.93. The maximum Gasteiger partial charge on any atom is 0.326 e. The highest BCUT2D eigenvalue weighted by Crippen LogP contribution is 2.07. The van der Waals surface area contributed by atoms with E-state index in [1.807, 2.05) is 20.8 Å². The van der Waals surface area contributed by atoms with E-state index < -0.39 is 17.9 Å². The topological polar surface area (TPSA) is 99.3 Å². The molecule has 1 heterocycles. The summed E-state index contributed by atoms with van der Waals surface area (Å²) in [5.74, 6) is -1.27. The fraction of sp³-hybridized carbons (Fsp3) is 0.533. The summed E-state index contributed by atoms with van der Waals surface area (Å²) in [4.78, 5) is 37.4. The van der Waals surface area contributed by atoms with Gasteiger partial charge in [-0.3, -0.25) is 9.59 Å². The molecule has 0 aliphatic heterocycles. The van der Waals surface area contributed by atoms with Crippen LogP contribution < -0.4 is 10.9 Å². The van der Waals surface area contributed by atoms with Gasteiger partial charge in [-0.1, -0.05) is 27.2 Å². The van der Waals surface area contributed by atoms with Crippen LogP contribution in [-0.4, -0.2) is 28.0 Å². The van der Waals surface area contributed by atoms with E-state index in [0.29, 0.717) is 30.9 Å². The zero-order valence-electron chi connectivity index (χ0n) is 12.6. The lowest BCUT2D eigenvalue weighted by molar-refractivity contribution is -0.139. The maximum atomic E-state index is 12.1. The van der Waals surface area contributed by atoms with E-state index in [9.17, 15) is 14.4 Å². The molecule has 1 atom stereocenters. The van der Waals surface area contributed by atoms with E-state index in [-0.39, 0.29) is 11.1 Å². The predicted molar refractivity (Wildman–Crippen MR) is 79.4 cm³/mol. The molecule has 0 radical (unpaired) electrons. The van der Waals surface area contributed by atoms with E-state index in [2.05, 4.69) is 10.3 Å². The molecule has 6 heteroatoms. The van der Waals surface area contributed by atoms with Crippen molar-refractivity contribution >= 4 is 11.9 Å². The molecule has 0 aromatic carbocycles. The zero-order valence-corrected chi connectivity index (χ0v) is 12.6. The summed E-state index contributed by atoms with van der Waals surface area (Å²) in [6.07, 6.45) is 1.64. The van der Waals surface area contributed by atoms with Crippen LogP contribution in [0.15, 0.2) is 16.9 Å². The first kappa shape index (κ1) is 16.9. The second-order valence-electron chi connectivity index (χ2n) is 5.51. The number of amides is 1. The lowest BCUT2D eigenvalue weighted by Crippen LogP contribution is -2.41. The standard InChI is InChI=1S/C15H22N2O4/c1-4-5-12(15(20)21)17-14(19)10-7-11(6-9(2)3)16-13(18)8-10/h7-9,12H,4-6H2,1-3H3,(H,16,18)(H,17,19)(H,20,21). The second-order valence-corrected chi connectivity index (χ2v) is 5.51. The van der Waals surface area contributed by atoms with Crippen molar-refractivity contribution in [2.45, 2.75) is 46.1 Å². The molecule has 3 N–H and O–H groups in total. The average molecular weight is 294 g/mol. The smallest absolute Gasteiger partial charge is 0.326 e. The third kappa shape index (κ3) is 5.41. The summed E-state index contributed by atoms with van der Waals surface area (Å²) in [5, 5.41) is 11.5. The monoisotopic (exact) mass is 294 g/mol. The van der Waals surface area contributed by atoms with Crippen LogP contribution in [0.4, 0.5) is 0 Å². The highest BCUT2D eigenvalue weighted by Gasteiger charge is 2.20. The first-order valence-corrected chi connectivity index (χ1v) is 7.10. The van der Waals surface area contributed by atoms with Gasteiger partial charge in [-0.25, -0.2) is 4.79 Å². The summed E-state index contributed by atoms with van der Waals surface area (Å²) < 4.78 is 0. The Kier molecular flexibility index (Phi) is 6.14. The number of carboxylic acids is 1. The van der Waals surface area contributed by atoms with Gasteiger partial charge in [-0.15, -0.1) is 0 Å². The van der Waals surface area contributed by atoms with Gasteiger partial charge in [0.25, 0.3) is 5.91 Å². The lowest BCUT2D eigenvalue weighted by atomic mass is 10.1. The molecule has 0 aliphatic rings. The zero-order chi connectivity index (χ0) is 16.0. The van der Waals surface area contributed by atoms with Crippen LogP contribution in [0.25, 0.3) is 0 Å². The third-order valence-corrected chi connectivity index (χ3v) is 2.97. The van der Waals surface area contributed by atoms with Crippen molar-refractivity contribution in [2.24, 2.45) is 5.92 Å². The van der Waals surface area contributed by atoms with Gasteiger partial charge in [-0.2, -0.15) is 0 Å². The molecule has 1 amide bonds. The van der Waals surface area contributed by atoms with Gasteiger partial charge in [0, 0.05) is 17.3 Å². The number of carbonyl (C=O) groups excluding carboxylic acids is 1. The van der Waals surface area contributed by atoms with Gasteiger partial charge in [-0.05, 0) is 24.8 Å². The number of H-pyrrole nitrogens is 1. The van der Waals surface area contributed by atoms with Crippen LogP contribution in [0.1, 0.15) is 49.7 Å². The van der Waals surface area contributed by atoms with Crippen molar-refractivity contribution in [3.63, 3.8) is 0 Å². The molecule has 6 nitrogen and oxygen atoms in total. The molecular formula is C15H22N2O4. The van der Waals surface area contributed by atoms with Gasteiger partial charge in [0.15, 0.2) is 0 Å². The molecule has 1 rings (SSSR count). The minimum absolute atomic E-state index is 0.191. The van der Waals surface area contributed by atoms with Gasteiger partial charge in [0.05, 0.1) is 0 Å². The van der Waals surface area contributed by atoms with E-state index in [1.54, 1.807) is 6.07 Å². The van der Waals surface area contributed by atoms with Crippen LogP contribution in [-0.2, 0) is 11.2 Å². The predicted octanol–water partition coefficient (Wildman–Crippen LogP) is 1.56. The Morgan fingerprint density at radius 3 is 2.52 bits per heavy atom. The van der Waals surface area contributed by atoms with E-state index in [0.717, 1.165) is 0 Å². The highest BCUT2D eigenvalue weighted by molar-refractivity contribution is 5.96. The molecule has 21 heavy (non-hydrogen) atoms. The van der Waals surface area contributed by atoms with Crippen molar-refractivity contribution in [1.82, 2.24) is 10.3 Å². The summed E-state index contributed by atoms with van der Waals surface area (Å²) in [6.45, 7) is 5.86. The molecule has 116 valence electrons. The quantitative estimate of drug-likeness (QED) is 0.710. The molecule has 1 aromatic rings. The Labute approximate surface area is 123 Å². The Bertz CT molecular complexity index is 563. The van der Waals surface area contributed by atoms with Crippen molar-refractivity contribution in [2.75, 3.05) is 0 Å². The van der Waals surface area contributed by atoms with E-state index >= 15 is 0 Å².